The molecular weight excluding hydrogens is 356 g/mol. The first-order valence-corrected chi connectivity index (χ1v) is 10.6. The Balaban J connectivity index is 1.84. The highest BCUT2D eigenvalue weighted by molar-refractivity contribution is 6.06. The Morgan fingerprint density at radius 1 is 1.14 bits per heavy atom. The lowest BCUT2D eigenvalue weighted by atomic mass is 9.97. The zero-order valence-corrected chi connectivity index (χ0v) is 17.5. The van der Waals surface area contributed by atoms with Gasteiger partial charge in [0, 0.05) is 23.7 Å². The van der Waals surface area contributed by atoms with Gasteiger partial charge in [-0.3, -0.25) is 9.59 Å². The van der Waals surface area contributed by atoms with Crippen molar-refractivity contribution in [2.24, 2.45) is 11.8 Å². The number of ether oxygens (including phenoxy) is 1. The fraction of sp³-hybridized carbons (Fsp3) is 0.682. The Morgan fingerprint density at radius 3 is 2.36 bits per heavy atom. The molecule has 1 atom stereocenters. The molecular formula is C22H32N2O4. The highest BCUT2D eigenvalue weighted by atomic mass is 16.5. The maximum absolute atomic E-state index is 13.4. The van der Waals surface area contributed by atoms with Crippen LogP contribution in [0.3, 0.4) is 0 Å². The molecule has 1 amide bonds. The molecule has 0 saturated heterocycles. The predicted octanol–water partition coefficient (Wildman–Crippen LogP) is 3.81. The number of H-pyrrole nitrogens is 1. The van der Waals surface area contributed by atoms with Crippen molar-refractivity contribution in [2.75, 3.05) is 13.2 Å². The molecule has 0 unspecified atom stereocenters. The van der Waals surface area contributed by atoms with E-state index in [1.165, 1.54) is 0 Å². The molecule has 28 heavy (non-hydrogen) atoms. The first-order chi connectivity index (χ1) is 13.3. The third-order valence-corrected chi connectivity index (χ3v) is 6.15. The standard InChI is InChI=1S/C22H32N2O4/c1-5-28-22(27)19-13(2)18(14(3)23-19)20(25)15(4)24(12-16-10-11-16)21(26)17-8-6-7-9-17/h15-17,23H,5-12H2,1-4H3/t15-/m1/s1. The zero-order valence-electron chi connectivity index (χ0n) is 17.5. The van der Waals surface area contributed by atoms with E-state index in [0.717, 1.165) is 38.5 Å². The molecule has 1 N–H and O–H groups in total. The molecule has 2 fully saturated rings. The van der Waals surface area contributed by atoms with Gasteiger partial charge in [0.2, 0.25) is 5.91 Å². The van der Waals surface area contributed by atoms with Crippen LogP contribution >= 0.6 is 0 Å². The van der Waals surface area contributed by atoms with Crippen molar-refractivity contribution < 1.29 is 19.1 Å². The lowest BCUT2D eigenvalue weighted by molar-refractivity contribution is -0.136. The van der Waals surface area contributed by atoms with Crippen LogP contribution in [0.15, 0.2) is 0 Å². The van der Waals surface area contributed by atoms with Crippen LogP contribution in [0.2, 0.25) is 0 Å². The van der Waals surface area contributed by atoms with Gasteiger partial charge in [-0.1, -0.05) is 12.8 Å². The van der Waals surface area contributed by atoms with Gasteiger partial charge in [0.05, 0.1) is 12.6 Å². The Hall–Kier alpha value is -2.11. The van der Waals surface area contributed by atoms with E-state index in [-0.39, 0.29) is 24.2 Å². The lowest BCUT2D eigenvalue weighted by Gasteiger charge is -2.31. The third-order valence-electron chi connectivity index (χ3n) is 6.15. The van der Waals surface area contributed by atoms with Crippen molar-refractivity contribution in [1.29, 1.82) is 0 Å². The Morgan fingerprint density at radius 2 is 1.79 bits per heavy atom. The molecule has 6 nitrogen and oxygen atoms in total. The van der Waals surface area contributed by atoms with Gasteiger partial charge in [-0.15, -0.1) is 0 Å². The number of hydrogen-bond acceptors (Lipinski definition) is 4. The molecule has 3 rings (SSSR count). The van der Waals surface area contributed by atoms with Gasteiger partial charge in [0.1, 0.15) is 5.69 Å². The second-order valence-corrected chi connectivity index (χ2v) is 8.30. The minimum Gasteiger partial charge on any atom is -0.461 e. The molecule has 2 saturated carbocycles. The average molecular weight is 389 g/mol. The second kappa shape index (κ2) is 8.50. The van der Waals surface area contributed by atoms with E-state index in [1.807, 2.05) is 11.8 Å². The van der Waals surface area contributed by atoms with E-state index < -0.39 is 12.0 Å². The molecule has 0 aliphatic heterocycles. The van der Waals surface area contributed by atoms with E-state index in [4.69, 9.17) is 4.74 Å². The van der Waals surface area contributed by atoms with Crippen LogP contribution in [0.25, 0.3) is 0 Å². The van der Waals surface area contributed by atoms with Crippen molar-refractivity contribution in [3.63, 3.8) is 0 Å². The topological polar surface area (TPSA) is 79.5 Å². The van der Waals surface area contributed by atoms with Crippen LogP contribution in [-0.4, -0.2) is 46.7 Å². The predicted molar refractivity (Wildman–Crippen MR) is 106 cm³/mol. The quantitative estimate of drug-likeness (QED) is 0.542. The fourth-order valence-corrected chi connectivity index (χ4v) is 4.30. The summed E-state index contributed by atoms with van der Waals surface area (Å²) in [6, 6.07) is -0.531. The summed E-state index contributed by atoms with van der Waals surface area (Å²) in [7, 11) is 0. The molecule has 154 valence electrons. The normalized spacial score (nSPS) is 18.1. The number of hydrogen-bond donors (Lipinski definition) is 1. The molecule has 0 bridgehead atoms. The summed E-state index contributed by atoms with van der Waals surface area (Å²) in [4.78, 5) is 43.5. The molecule has 0 spiro atoms. The molecule has 0 radical (unpaired) electrons. The largest absolute Gasteiger partial charge is 0.461 e. The molecule has 1 aromatic rings. The zero-order chi connectivity index (χ0) is 20.4. The average Bonchev–Trinajstić information content (AvgIpc) is 3.21. The SMILES string of the molecule is CCOC(=O)c1[nH]c(C)c(C(=O)[C@@H](C)N(CC2CC2)C(=O)C2CCCC2)c1C. The van der Waals surface area contributed by atoms with Gasteiger partial charge >= 0.3 is 5.97 Å². The number of Topliss-reactive ketones (excluding diaryl/α,β-unsaturated/α-hetero) is 1. The summed E-state index contributed by atoms with van der Waals surface area (Å²) in [5.41, 5.74) is 2.09. The number of aryl methyl sites for hydroxylation is 1. The summed E-state index contributed by atoms with van der Waals surface area (Å²) in [6.07, 6.45) is 6.30. The van der Waals surface area contributed by atoms with Gasteiger partial charge in [0.25, 0.3) is 0 Å². The van der Waals surface area contributed by atoms with E-state index in [0.29, 0.717) is 35.0 Å². The number of ketones is 1. The Labute approximate surface area is 167 Å². The van der Waals surface area contributed by atoms with E-state index >= 15 is 0 Å². The summed E-state index contributed by atoms with van der Waals surface area (Å²) < 4.78 is 5.09. The van der Waals surface area contributed by atoms with Crippen LogP contribution in [0.5, 0.6) is 0 Å². The number of amides is 1. The van der Waals surface area contributed by atoms with Crippen molar-refractivity contribution >= 4 is 17.7 Å². The maximum atomic E-state index is 13.4. The Bertz CT molecular complexity index is 757. The van der Waals surface area contributed by atoms with Crippen LogP contribution in [0.1, 0.15) is 84.5 Å². The highest BCUT2D eigenvalue weighted by Gasteiger charge is 2.37. The minimum absolute atomic E-state index is 0.0533. The van der Waals surface area contributed by atoms with Crippen LogP contribution in [0, 0.1) is 25.7 Å². The van der Waals surface area contributed by atoms with Gasteiger partial charge in [-0.25, -0.2) is 4.79 Å². The van der Waals surface area contributed by atoms with Gasteiger partial charge < -0.3 is 14.6 Å². The highest BCUT2D eigenvalue weighted by Crippen LogP contribution is 2.34. The van der Waals surface area contributed by atoms with E-state index in [1.54, 1.807) is 20.8 Å². The fourth-order valence-electron chi connectivity index (χ4n) is 4.30. The number of esters is 1. The monoisotopic (exact) mass is 388 g/mol. The van der Waals surface area contributed by atoms with Crippen molar-refractivity contribution in [3.8, 4) is 0 Å². The number of carbonyl (C=O) groups excluding carboxylic acids is 3. The molecule has 1 aromatic heterocycles. The molecule has 2 aliphatic carbocycles. The molecule has 6 heteroatoms. The number of nitrogens with one attached hydrogen (secondary N) is 1. The van der Waals surface area contributed by atoms with Crippen molar-refractivity contribution in [1.82, 2.24) is 9.88 Å². The lowest BCUT2D eigenvalue weighted by Crippen LogP contribution is -2.47. The third kappa shape index (κ3) is 4.15. The summed E-state index contributed by atoms with van der Waals surface area (Å²) in [6.45, 7) is 8.07. The van der Waals surface area contributed by atoms with Gasteiger partial charge in [-0.2, -0.15) is 0 Å². The number of aromatic nitrogens is 1. The van der Waals surface area contributed by atoms with Crippen molar-refractivity contribution in [3.05, 3.63) is 22.5 Å². The van der Waals surface area contributed by atoms with Gasteiger partial charge in [-0.05, 0) is 64.9 Å². The first-order valence-electron chi connectivity index (χ1n) is 10.6. The summed E-state index contributed by atoms with van der Waals surface area (Å²) >= 11 is 0. The van der Waals surface area contributed by atoms with Crippen LogP contribution in [0.4, 0.5) is 0 Å². The maximum Gasteiger partial charge on any atom is 0.355 e. The van der Waals surface area contributed by atoms with Crippen molar-refractivity contribution in [2.45, 2.75) is 72.3 Å². The summed E-state index contributed by atoms with van der Waals surface area (Å²) in [5, 5.41) is 0. The number of rotatable bonds is 8. The van der Waals surface area contributed by atoms with E-state index in [9.17, 15) is 14.4 Å². The van der Waals surface area contributed by atoms with Gasteiger partial charge in [0.15, 0.2) is 5.78 Å². The second-order valence-electron chi connectivity index (χ2n) is 8.30. The first kappa shape index (κ1) is 20.6. The van der Waals surface area contributed by atoms with Crippen LogP contribution < -0.4 is 0 Å². The minimum atomic E-state index is -0.531. The number of carbonyl (C=O) groups is 3. The molecule has 2 aliphatic rings. The Kier molecular flexibility index (Phi) is 6.26. The number of aromatic amines is 1. The smallest absolute Gasteiger partial charge is 0.355 e. The van der Waals surface area contributed by atoms with E-state index in [2.05, 4.69) is 4.98 Å². The number of nitrogens with zero attached hydrogens (tertiary/aromatic N) is 1. The molecule has 0 aromatic carbocycles. The summed E-state index contributed by atoms with van der Waals surface area (Å²) in [5.74, 6) is 0.142. The van der Waals surface area contributed by atoms with Crippen LogP contribution in [-0.2, 0) is 9.53 Å². The molecule has 1 heterocycles.